The van der Waals surface area contributed by atoms with E-state index in [-0.39, 0.29) is 18.2 Å². The summed E-state index contributed by atoms with van der Waals surface area (Å²) in [7, 11) is 1.70. The van der Waals surface area contributed by atoms with Gasteiger partial charge in [-0.1, -0.05) is 17.8 Å². The number of carbonyl (C=O) groups is 2. The highest BCUT2D eigenvalue weighted by Crippen LogP contribution is 2.31. The Morgan fingerprint density at radius 1 is 1.19 bits per heavy atom. The Bertz CT molecular complexity index is 912. The van der Waals surface area contributed by atoms with Crippen molar-refractivity contribution in [1.82, 2.24) is 4.90 Å². The van der Waals surface area contributed by atoms with Crippen LogP contribution in [0.1, 0.15) is 17.5 Å². The maximum Gasteiger partial charge on any atom is 0.242 e. The van der Waals surface area contributed by atoms with Gasteiger partial charge in [-0.3, -0.25) is 14.5 Å². The van der Waals surface area contributed by atoms with Gasteiger partial charge in [0.2, 0.25) is 11.8 Å². The minimum Gasteiger partial charge on any atom is -0.326 e. The van der Waals surface area contributed by atoms with Crippen molar-refractivity contribution in [1.29, 1.82) is 0 Å². The topological polar surface area (TPSA) is 61.8 Å². The third kappa shape index (κ3) is 4.90. The summed E-state index contributed by atoms with van der Waals surface area (Å²) in [6.07, 6.45) is 0.118. The van der Waals surface area contributed by atoms with E-state index in [4.69, 9.17) is 0 Å². The highest BCUT2D eigenvalue weighted by Gasteiger charge is 2.37. The Balaban J connectivity index is 1.66. The zero-order valence-electron chi connectivity index (χ0n) is 15.3. The molecule has 0 radical (unpaired) electrons. The van der Waals surface area contributed by atoms with Crippen molar-refractivity contribution in [3.8, 4) is 0 Å². The molecule has 1 N–H and O–H groups in total. The molecule has 2 aromatic carbocycles. The molecule has 1 aliphatic rings. The molecule has 0 aliphatic carbocycles. The van der Waals surface area contributed by atoms with Crippen LogP contribution in [-0.2, 0) is 9.59 Å². The molecule has 0 spiro atoms. The Morgan fingerprint density at radius 3 is 2.56 bits per heavy atom. The molecule has 0 saturated carbocycles. The molecule has 27 heavy (non-hydrogen) atoms. The van der Waals surface area contributed by atoms with Crippen molar-refractivity contribution in [3.63, 3.8) is 0 Å². The number of amidine groups is 1. The van der Waals surface area contributed by atoms with Gasteiger partial charge < -0.3 is 5.32 Å². The number of thioether (sulfide) groups is 1. The summed E-state index contributed by atoms with van der Waals surface area (Å²) >= 11 is 3.57. The SMILES string of the molecule is Cc1ccc(NC(=O)C[C@@H]2SC(=Nc3ccc(I)cc3)N(C)C2=O)cc1C. The van der Waals surface area contributed by atoms with E-state index in [1.165, 1.54) is 22.2 Å². The number of aryl methyl sites for hydroxylation is 2. The summed E-state index contributed by atoms with van der Waals surface area (Å²) in [6, 6.07) is 13.5. The molecule has 0 unspecified atom stereocenters. The second kappa shape index (κ2) is 8.43. The van der Waals surface area contributed by atoms with E-state index in [0.29, 0.717) is 5.17 Å². The number of rotatable bonds is 4. The van der Waals surface area contributed by atoms with Crippen LogP contribution in [0.3, 0.4) is 0 Å². The predicted octanol–water partition coefficient (Wildman–Crippen LogP) is 4.50. The van der Waals surface area contributed by atoms with Crippen molar-refractivity contribution in [3.05, 3.63) is 57.2 Å². The van der Waals surface area contributed by atoms with Crippen molar-refractivity contribution in [2.24, 2.45) is 4.99 Å². The van der Waals surface area contributed by atoms with Crippen LogP contribution >= 0.6 is 34.4 Å². The largest absolute Gasteiger partial charge is 0.326 e. The Hall–Kier alpha value is -1.87. The molecule has 2 aromatic rings. The molecular formula is C20H20IN3O2S. The lowest BCUT2D eigenvalue weighted by atomic mass is 10.1. The summed E-state index contributed by atoms with van der Waals surface area (Å²) < 4.78 is 1.13. The molecule has 1 heterocycles. The van der Waals surface area contributed by atoms with Crippen LogP contribution in [0.25, 0.3) is 0 Å². The first-order chi connectivity index (χ1) is 12.8. The van der Waals surface area contributed by atoms with Gasteiger partial charge in [-0.25, -0.2) is 4.99 Å². The van der Waals surface area contributed by atoms with E-state index >= 15 is 0 Å². The number of amides is 2. The second-order valence-corrected chi connectivity index (χ2v) is 8.84. The molecule has 1 saturated heterocycles. The zero-order chi connectivity index (χ0) is 19.6. The van der Waals surface area contributed by atoms with E-state index in [1.807, 2.05) is 56.3 Å². The molecule has 140 valence electrons. The number of aliphatic imine (C=N–C) groups is 1. The molecule has 0 bridgehead atoms. The summed E-state index contributed by atoms with van der Waals surface area (Å²) in [4.78, 5) is 30.9. The summed E-state index contributed by atoms with van der Waals surface area (Å²) in [6.45, 7) is 4.03. The van der Waals surface area contributed by atoms with Crippen molar-refractivity contribution in [2.75, 3.05) is 12.4 Å². The second-order valence-electron chi connectivity index (χ2n) is 6.43. The van der Waals surface area contributed by atoms with E-state index < -0.39 is 5.25 Å². The maximum absolute atomic E-state index is 12.5. The van der Waals surface area contributed by atoms with Gasteiger partial charge in [-0.2, -0.15) is 0 Å². The number of anilines is 1. The van der Waals surface area contributed by atoms with Crippen LogP contribution in [0.15, 0.2) is 47.5 Å². The average molecular weight is 493 g/mol. The zero-order valence-corrected chi connectivity index (χ0v) is 18.3. The third-order valence-electron chi connectivity index (χ3n) is 4.35. The Kier molecular flexibility index (Phi) is 6.21. The van der Waals surface area contributed by atoms with E-state index in [0.717, 1.165) is 20.5 Å². The van der Waals surface area contributed by atoms with Gasteiger partial charge in [0.15, 0.2) is 5.17 Å². The fourth-order valence-corrected chi connectivity index (χ4v) is 4.14. The summed E-state index contributed by atoms with van der Waals surface area (Å²) in [5, 5.41) is 3.04. The van der Waals surface area contributed by atoms with Gasteiger partial charge >= 0.3 is 0 Å². The first kappa shape index (κ1) is 19.9. The molecule has 3 rings (SSSR count). The maximum atomic E-state index is 12.5. The van der Waals surface area contributed by atoms with Crippen molar-refractivity contribution in [2.45, 2.75) is 25.5 Å². The van der Waals surface area contributed by atoms with Crippen LogP contribution in [0.5, 0.6) is 0 Å². The minimum atomic E-state index is -0.454. The normalized spacial score (nSPS) is 18.2. The fourth-order valence-electron chi connectivity index (χ4n) is 2.62. The van der Waals surface area contributed by atoms with Crippen LogP contribution < -0.4 is 5.32 Å². The Labute approximate surface area is 176 Å². The van der Waals surface area contributed by atoms with Gasteiger partial charge in [0.25, 0.3) is 0 Å². The predicted molar refractivity (Wildman–Crippen MR) is 120 cm³/mol. The number of benzene rings is 2. The van der Waals surface area contributed by atoms with E-state index in [9.17, 15) is 9.59 Å². The van der Waals surface area contributed by atoms with E-state index in [1.54, 1.807) is 7.05 Å². The van der Waals surface area contributed by atoms with Gasteiger partial charge in [0.1, 0.15) is 5.25 Å². The lowest BCUT2D eigenvalue weighted by Gasteiger charge is -2.10. The molecule has 2 amide bonds. The van der Waals surface area contributed by atoms with Crippen molar-refractivity contribution < 1.29 is 9.59 Å². The molecule has 1 fully saturated rings. The third-order valence-corrected chi connectivity index (χ3v) is 6.30. The standard InChI is InChI=1S/C20H20IN3O2S/c1-12-4-7-16(10-13(12)2)22-18(25)11-17-19(26)24(3)20(27-17)23-15-8-5-14(21)6-9-15/h4-10,17H,11H2,1-3H3,(H,22,25)/t17-/m0/s1. The minimum absolute atomic E-state index is 0.0977. The number of nitrogens with one attached hydrogen (secondary N) is 1. The number of halogens is 1. The molecular weight excluding hydrogens is 473 g/mol. The average Bonchev–Trinajstić information content (AvgIpc) is 2.88. The lowest BCUT2D eigenvalue weighted by Crippen LogP contribution is -2.30. The molecule has 5 nitrogen and oxygen atoms in total. The number of carbonyl (C=O) groups excluding carboxylic acids is 2. The van der Waals surface area contributed by atoms with Crippen LogP contribution in [0, 0.1) is 17.4 Å². The van der Waals surface area contributed by atoms with Crippen LogP contribution in [-0.4, -0.2) is 34.2 Å². The Morgan fingerprint density at radius 2 is 1.89 bits per heavy atom. The molecule has 7 heteroatoms. The number of hydrogen-bond donors (Lipinski definition) is 1. The number of nitrogens with zero attached hydrogens (tertiary/aromatic N) is 2. The quantitative estimate of drug-likeness (QED) is 0.639. The fraction of sp³-hybridized carbons (Fsp3) is 0.250. The lowest BCUT2D eigenvalue weighted by molar-refractivity contribution is -0.127. The number of hydrogen-bond acceptors (Lipinski definition) is 4. The monoisotopic (exact) mass is 493 g/mol. The molecule has 1 atom stereocenters. The molecule has 1 aliphatic heterocycles. The first-order valence-corrected chi connectivity index (χ1v) is 10.4. The summed E-state index contributed by atoms with van der Waals surface area (Å²) in [5.74, 6) is -0.271. The highest BCUT2D eigenvalue weighted by molar-refractivity contribution is 14.1. The van der Waals surface area contributed by atoms with E-state index in [2.05, 4.69) is 32.9 Å². The van der Waals surface area contributed by atoms with Gasteiger partial charge in [-0.15, -0.1) is 0 Å². The van der Waals surface area contributed by atoms with Gasteiger partial charge in [-0.05, 0) is 84.0 Å². The van der Waals surface area contributed by atoms with Crippen LogP contribution in [0.2, 0.25) is 0 Å². The molecule has 0 aromatic heterocycles. The van der Waals surface area contributed by atoms with Crippen molar-refractivity contribution >= 4 is 62.7 Å². The van der Waals surface area contributed by atoms with Gasteiger partial charge in [0, 0.05) is 22.7 Å². The van der Waals surface area contributed by atoms with Gasteiger partial charge in [0.05, 0.1) is 5.69 Å². The highest BCUT2D eigenvalue weighted by atomic mass is 127. The van der Waals surface area contributed by atoms with Crippen LogP contribution in [0.4, 0.5) is 11.4 Å². The smallest absolute Gasteiger partial charge is 0.242 e. The first-order valence-electron chi connectivity index (χ1n) is 8.49. The summed E-state index contributed by atoms with van der Waals surface area (Å²) in [5.41, 5.74) is 3.83.